The zero-order valence-electron chi connectivity index (χ0n) is 17.6. The maximum absolute atomic E-state index is 11.2. The Bertz CT molecular complexity index is 843. The van der Waals surface area contributed by atoms with Crippen molar-refractivity contribution in [1.29, 1.82) is 0 Å². The number of methoxy groups -OCH3 is 1. The van der Waals surface area contributed by atoms with Crippen molar-refractivity contribution in [3.63, 3.8) is 0 Å². The van der Waals surface area contributed by atoms with E-state index in [9.17, 15) is 5.11 Å². The monoisotopic (exact) mass is 377 g/mol. The van der Waals surface area contributed by atoms with Crippen LogP contribution in [0.25, 0.3) is 0 Å². The molecule has 3 heteroatoms. The fraction of sp³-hybridized carbons (Fsp3) is 0.440. The SMILES string of the molecule is C#CC(O)(c1ccc(OC)cc1)c1ccc(N2C(C)(C)CCCC2(C)C)cc1. The highest BCUT2D eigenvalue weighted by Crippen LogP contribution is 2.42. The van der Waals surface area contributed by atoms with Crippen LogP contribution in [0.5, 0.6) is 5.75 Å². The molecule has 0 spiro atoms. The third-order valence-electron chi connectivity index (χ3n) is 6.05. The van der Waals surface area contributed by atoms with E-state index in [0.29, 0.717) is 11.1 Å². The minimum Gasteiger partial charge on any atom is -0.497 e. The molecular weight excluding hydrogens is 346 g/mol. The summed E-state index contributed by atoms with van der Waals surface area (Å²) in [7, 11) is 1.62. The predicted molar refractivity (Wildman–Crippen MR) is 116 cm³/mol. The number of terminal acetylenes is 1. The summed E-state index contributed by atoms with van der Waals surface area (Å²) in [6.07, 6.45) is 9.34. The van der Waals surface area contributed by atoms with Gasteiger partial charge in [0.15, 0.2) is 5.60 Å². The molecule has 0 aromatic heterocycles. The summed E-state index contributed by atoms with van der Waals surface area (Å²) < 4.78 is 5.20. The Balaban J connectivity index is 1.97. The van der Waals surface area contributed by atoms with Crippen LogP contribution in [-0.4, -0.2) is 23.3 Å². The Kier molecular flexibility index (Phi) is 5.21. The van der Waals surface area contributed by atoms with Crippen LogP contribution in [-0.2, 0) is 5.60 Å². The van der Waals surface area contributed by atoms with Gasteiger partial charge in [-0.25, -0.2) is 0 Å². The second-order valence-electron chi connectivity index (χ2n) is 8.94. The molecule has 1 unspecified atom stereocenters. The molecule has 1 atom stereocenters. The molecular formula is C25H31NO2. The highest BCUT2D eigenvalue weighted by atomic mass is 16.5. The number of ether oxygens (including phenoxy) is 1. The van der Waals surface area contributed by atoms with Crippen LogP contribution in [0.2, 0.25) is 0 Å². The van der Waals surface area contributed by atoms with Gasteiger partial charge >= 0.3 is 0 Å². The van der Waals surface area contributed by atoms with Crippen molar-refractivity contribution in [2.45, 2.75) is 63.6 Å². The van der Waals surface area contributed by atoms with E-state index in [1.54, 1.807) is 7.11 Å². The molecule has 1 N–H and O–H groups in total. The third-order valence-corrected chi connectivity index (χ3v) is 6.05. The first kappa shape index (κ1) is 20.3. The van der Waals surface area contributed by atoms with Gasteiger partial charge in [-0.3, -0.25) is 0 Å². The summed E-state index contributed by atoms with van der Waals surface area (Å²) in [5, 5.41) is 11.2. The number of nitrogens with zero attached hydrogens (tertiary/aromatic N) is 1. The zero-order chi connectivity index (χ0) is 20.6. The second kappa shape index (κ2) is 7.18. The van der Waals surface area contributed by atoms with Crippen molar-refractivity contribution in [1.82, 2.24) is 0 Å². The van der Waals surface area contributed by atoms with Crippen LogP contribution in [0.4, 0.5) is 5.69 Å². The highest BCUT2D eigenvalue weighted by molar-refractivity contribution is 5.56. The van der Waals surface area contributed by atoms with E-state index < -0.39 is 5.60 Å². The minimum atomic E-state index is -1.47. The molecule has 0 saturated carbocycles. The fourth-order valence-electron chi connectivity index (χ4n) is 4.71. The molecule has 148 valence electrons. The Labute approximate surface area is 169 Å². The first-order chi connectivity index (χ1) is 13.1. The first-order valence-electron chi connectivity index (χ1n) is 9.90. The second-order valence-corrected chi connectivity index (χ2v) is 8.94. The minimum absolute atomic E-state index is 0.0850. The van der Waals surface area contributed by atoms with Crippen molar-refractivity contribution >= 4 is 5.69 Å². The molecule has 1 heterocycles. The molecule has 0 radical (unpaired) electrons. The van der Waals surface area contributed by atoms with Gasteiger partial charge in [0.25, 0.3) is 0 Å². The lowest BCUT2D eigenvalue weighted by Crippen LogP contribution is -2.59. The quantitative estimate of drug-likeness (QED) is 0.752. The largest absolute Gasteiger partial charge is 0.497 e. The molecule has 0 amide bonds. The molecule has 28 heavy (non-hydrogen) atoms. The van der Waals surface area contributed by atoms with E-state index in [4.69, 9.17) is 11.2 Å². The molecule has 1 aliphatic rings. The number of aliphatic hydroxyl groups is 1. The van der Waals surface area contributed by atoms with Crippen LogP contribution >= 0.6 is 0 Å². The van der Waals surface area contributed by atoms with Gasteiger partial charge in [0, 0.05) is 27.9 Å². The summed E-state index contributed by atoms with van der Waals surface area (Å²) in [4.78, 5) is 2.51. The van der Waals surface area contributed by atoms with E-state index in [-0.39, 0.29) is 11.1 Å². The normalized spacial score (nSPS) is 20.1. The molecule has 1 aliphatic heterocycles. The zero-order valence-corrected chi connectivity index (χ0v) is 17.6. The molecule has 1 fully saturated rings. The van der Waals surface area contributed by atoms with Crippen molar-refractivity contribution in [3.05, 3.63) is 59.7 Å². The van der Waals surface area contributed by atoms with E-state index in [1.807, 2.05) is 36.4 Å². The fourth-order valence-corrected chi connectivity index (χ4v) is 4.71. The van der Waals surface area contributed by atoms with Gasteiger partial charge < -0.3 is 14.7 Å². The van der Waals surface area contributed by atoms with Crippen molar-refractivity contribution in [3.8, 4) is 18.1 Å². The van der Waals surface area contributed by atoms with E-state index >= 15 is 0 Å². The lowest BCUT2D eigenvalue weighted by Gasteiger charge is -2.54. The van der Waals surface area contributed by atoms with Crippen LogP contribution in [0.15, 0.2) is 48.5 Å². The molecule has 3 nitrogen and oxygen atoms in total. The maximum atomic E-state index is 11.2. The number of benzene rings is 2. The third kappa shape index (κ3) is 3.50. The topological polar surface area (TPSA) is 32.7 Å². The van der Waals surface area contributed by atoms with Crippen LogP contribution in [0.3, 0.4) is 0 Å². The molecule has 2 aromatic carbocycles. The maximum Gasteiger partial charge on any atom is 0.176 e. The van der Waals surface area contributed by atoms with E-state index in [0.717, 1.165) is 11.4 Å². The van der Waals surface area contributed by atoms with Gasteiger partial charge in [-0.05, 0) is 71.2 Å². The summed E-state index contributed by atoms with van der Waals surface area (Å²) in [6, 6.07) is 15.3. The number of hydrogen-bond acceptors (Lipinski definition) is 3. The molecule has 0 bridgehead atoms. The van der Waals surface area contributed by atoms with Crippen molar-refractivity contribution < 1.29 is 9.84 Å². The average molecular weight is 378 g/mol. The molecule has 0 aliphatic carbocycles. The summed E-state index contributed by atoms with van der Waals surface area (Å²) in [5.74, 6) is 3.31. The number of piperidine rings is 1. The standard InChI is InChI=1S/C25H31NO2/c1-7-25(27,20-11-15-22(28-6)16-12-20)19-9-13-21(14-10-19)26-23(2,3)17-8-18-24(26,4)5/h1,9-16,27H,8,17-18H2,2-6H3. The lowest BCUT2D eigenvalue weighted by molar-refractivity contribution is 0.145. The average Bonchev–Trinajstić information content (AvgIpc) is 2.66. The van der Waals surface area contributed by atoms with Crippen LogP contribution < -0.4 is 9.64 Å². The number of anilines is 1. The molecule has 1 saturated heterocycles. The highest BCUT2D eigenvalue weighted by Gasteiger charge is 2.41. The van der Waals surface area contributed by atoms with Gasteiger partial charge in [0.1, 0.15) is 5.75 Å². The van der Waals surface area contributed by atoms with Gasteiger partial charge in [-0.2, -0.15) is 0 Å². The molecule has 2 aromatic rings. The smallest absolute Gasteiger partial charge is 0.176 e. The van der Waals surface area contributed by atoms with Crippen molar-refractivity contribution in [2.24, 2.45) is 0 Å². The number of hydrogen-bond donors (Lipinski definition) is 1. The Hall–Kier alpha value is -2.44. The summed E-state index contributed by atoms with van der Waals surface area (Å²) >= 11 is 0. The molecule has 3 rings (SSSR count). The Morgan fingerprint density at radius 1 is 0.929 bits per heavy atom. The van der Waals surface area contributed by atoms with Crippen molar-refractivity contribution in [2.75, 3.05) is 12.0 Å². The summed E-state index contributed by atoms with van der Waals surface area (Å²) in [6.45, 7) is 9.21. The number of rotatable bonds is 4. The first-order valence-corrected chi connectivity index (χ1v) is 9.90. The van der Waals surface area contributed by atoms with Gasteiger partial charge in [-0.15, -0.1) is 6.42 Å². The predicted octanol–water partition coefficient (Wildman–Crippen LogP) is 5.11. The summed E-state index contributed by atoms with van der Waals surface area (Å²) in [5.41, 5.74) is 1.20. The van der Waals surface area contributed by atoms with E-state index in [1.165, 1.54) is 19.3 Å². The Morgan fingerprint density at radius 2 is 1.39 bits per heavy atom. The van der Waals surface area contributed by atoms with Crippen LogP contribution in [0, 0.1) is 12.3 Å². The Morgan fingerprint density at radius 3 is 1.82 bits per heavy atom. The lowest BCUT2D eigenvalue weighted by atomic mass is 9.79. The van der Waals surface area contributed by atoms with Gasteiger partial charge in [0.05, 0.1) is 7.11 Å². The van der Waals surface area contributed by atoms with Gasteiger partial charge in [-0.1, -0.05) is 30.2 Å². The van der Waals surface area contributed by atoms with Gasteiger partial charge in [0.2, 0.25) is 0 Å². The van der Waals surface area contributed by atoms with Crippen LogP contribution in [0.1, 0.15) is 58.1 Å². The van der Waals surface area contributed by atoms with E-state index in [2.05, 4.69) is 50.6 Å².